The van der Waals surface area contributed by atoms with E-state index < -0.39 is 11.9 Å². The van der Waals surface area contributed by atoms with Crippen LogP contribution in [0.1, 0.15) is 29.8 Å². The van der Waals surface area contributed by atoms with Gasteiger partial charge in [-0.25, -0.2) is 4.79 Å². The van der Waals surface area contributed by atoms with Crippen LogP contribution < -0.4 is 14.8 Å². The second-order valence-electron chi connectivity index (χ2n) is 8.53. The first-order valence-corrected chi connectivity index (χ1v) is 11.3. The number of fused-ring (bicyclic) bond motifs is 1. The van der Waals surface area contributed by atoms with Crippen LogP contribution in [0.25, 0.3) is 0 Å². The number of nitrogens with one attached hydrogen (secondary N) is 1. The van der Waals surface area contributed by atoms with Crippen LogP contribution in [0, 0.1) is 0 Å². The molecule has 0 aliphatic carbocycles. The van der Waals surface area contributed by atoms with Crippen molar-refractivity contribution in [2.75, 3.05) is 32.8 Å². The summed E-state index contributed by atoms with van der Waals surface area (Å²) in [5.74, 6) is 0.416. The molecule has 3 atom stereocenters. The number of carbonyl (C=O) groups excluding carboxylic acids is 2. The van der Waals surface area contributed by atoms with Crippen molar-refractivity contribution in [3.8, 4) is 11.5 Å². The van der Waals surface area contributed by atoms with Crippen molar-refractivity contribution in [2.45, 2.75) is 38.7 Å². The molecule has 8 nitrogen and oxygen atoms in total. The van der Waals surface area contributed by atoms with Crippen LogP contribution in [0.3, 0.4) is 0 Å². The van der Waals surface area contributed by atoms with Gasteiger partial charge in [-0.2, -0.15) is 0 Å². The van der Waals surface area contributed by atoms with Crippen molar-refractivity contribution in [1.29, 1.82) is 0 Å². The van der Waals surface area contributed by atoms with Gasteiger partial charge in [-0.1, -0.05) is 24.3 Å². The van der Waals surface area contributed by atoms with E-state index in [1.165, 1.54) is 0 Å². The summed E-state index contributed by atoms with van der Waals surface area (Å²) in [5, 5.41) is 2.71. The maximum atomic E-state index is 12.3. The number of ether oxygens (including phenoxy) is 4. The number of amides is 1. The molecule has 0 spiro atoms. The van der Waals surface area contributed by atoms with Crippen LogP contribution in [0.2, 0.25) is 0 Å². The lowest BCUT2D eigenvalue weighted by Gasteiger charge is -2.35. The summed E-state index contributed by atoms with van der Waals surface area (Å²) in [4.78, 5) is 26.7. The molecule has 8 heteroatoms. The van der Waals surface area contributed by atoms with E-state index in [-0.39, 0.29) is 31.5 Å². The van der Waals surface area contributed by atoms with E-state index in [4.69, 9.17) is 18.9 Å². The summed E-state index contributed by atoms with van der Waals surface area (Å²) in [5.41, 5.74) is 1.53. The van der Waals surface area contributed by atoms with Gasteiger partial charge in [0.05, 0.1) is 24.3 Å². The number of hydrogen-bond donors (Lipinski definition) is 1. The zero-order valence-electron chi connectivity index (χ0n) is 19.0. The fourth-order valence-corrected chi connectivity index (χ4v) is 4.07. The second-order valence-corrected chi connectivity index (χ2v) is 8.53. The van der Waals surface area contributed by atoms with Crippen molar-refractivity contribution >= 4 is 11.9 Å². The van der Waals surface area contributed by atoms with Crippen LogP contribution in [0.4, 0.5) is 0 Å². The molecule has 1 saturated heterocycles. The van der Waals surface area contributed by atoms with Gasteiger partial charge in [-0.05, 0) is 43.7 Å². The maximum Gasteiger partial charge on any atom is 0.338 e. The molecule has 2 aromatic rings. The standard InChI is InChI=1S/C25H30N2O6/c1-17-12-27(13-18(2)32-17)14-19-7-9-20(10-8-19)25(29)31-16-24(28)26-11-21-15-30-22-5-3-4-6-23(22)33-21/h3-10,17-18,21H,11-16H2,1-2H3,(H,26,28). The van der Waals surface area contributed by atoms with Crippen LogP contribution in [0.5, 0.6) is 11.5 Å². The van der Waals surface area contributed by atoms with Gasteiger partial charge in [0.15, 0.2) is 18.1 Å². The third-order valence-corrected chi connectivity index (χ3v) is 5.52. The molecule has 0 radical (unpaired) electrons. The van der Waals surface area contributed by atoms with E-state index in [1.54, 1.807) is 12.1 Å². The fraction of sp³-hybridized carbons (Fsp3) is 0.440. The second kappa shape index (κ2) is 10.7. The van der Waals surface area contributed by atoms with Gasteiger partial charge in [0, 0.05) is 19.6 Å². The molecule has 2 aromatic carbocycles. The Labute approximate surface area is 193 Å². The van der Waals surface area contributed by atoms with E-state index in [2.05, 4.69) is 24.1 Å². The highest BCUT2D eigenvalue weighted by molar-refractivity contribution is 5.91. The van der Waals surface area contributed by atoms with Crippen molar-refractivity contribution < 1.29 is 28.5 Å². The molecule has 33 heavy (non-hydrogen) atoms. The van der Waals surface area contributed by atoms with Gasteiger partial charge >= 0.3 is 5.97 Å². The van der Waals surface area contributed by atoms with Crippen LogP contribution in [0.15, 0.2) is 48.5 Å². The molecule has 2 aliphatic rings. The molecule has 2 heterocycles. The summed E-state index contributed by atoms with van der Waals surface area (Å²) < 4.78 is 22.3. The molecule has 176 valence electrons. The minimum atomic E-state index is -0.531. The molecule has 0 aromatic heterocycles. The Hall–Kier alpha value is -3.10. The van der Waals surface area contributed by atoms with Crippen molar-refractivity contribution in [3.05, 3.63) is 59.7 Å². The number of nitrogens with zero attached hydrogens (tertiary/aromatic N) is 1. The predicted octanol–water partition coefficient (Wildman–Crippen LogP) is 2.41. The van der Waals surface area contributed by atoms with Crippen LogP contribution >= 0.6 is 0 Å². The third-order valence-electron chi connectivity index (χ3n) is 5.52. The molecule has 3 unspecified atom stereocenters. The zero-order valence-corrected chi connectivity index (χ0v) is 19.0. The summed E-state index contributed by atoms with van der Waals surface area (Å²) in [6, 6.07) is 14.7. The monoisotopic (exact) mass is 454 g/mol. The Morgan fingerprint density at radius 1 is 1.03 bits per heavy atom. The lowest BCUT2D eigenvalue weighted by molar-refractivity contribution is -0.124. The number of para-hydroxylation sites is 2. The van der Waals surface area contributed by atoms with Crippen LogP contribution in [-0.2, 0) is 20.8 Å². The first-order chi connectivity index (χ1) is 16.0. The van der Waals surface area contributed by atoms with E-state index >= 15 is 0 Å². The van der Waals surface area contributed by atoms with Gasteiger partial charge < -0.3 is 24.3 Å². The Bertz CT molecular complexity index is 954. The fourth-order valence-electron chi connectivity index (χ4n) is 4.07. The Balaban J connectivity index is 1.18. The molecule has 1 fully saturated rings. The molecule has 0 bridgehead atoms. The third kappa shape index (κ3) is 6.46. The maximum absolute atomic E-state index is 12.3. The van der Waals surface area contributed by atoms with Crippen LogP contribution in [-0.4, -0.2) is 67.9 Å². The van der Waals surface area contributed by atoms with Gasteiger partial charge in [0.25, 0.3) is 5.91 Å². The SMILES string of the molecule is CC1CN(Cc2ccc(C(=O)OCC(=O)NCC3COc4ccccc4O3)cc2)CC(C)O1. The van der Waals surface area contributed by atoms with Gasteiger partial charge in [-0.15, -0.1) is 0 Å². The minimum absolute atomic E-state index is 0.210. The van der Waals surface area contributed by atoms with Crippen molar-refractivity contribution in [2.24, 2.45) is 0 Å². The summed E-state index contributed by atoms with van der Waals surface area (Å²) in [7, 11) is 0. The van der Waals surface area contributed by atoms with Gasteiger partial charge in [-0.3, -0.25) is 9.69 Å². The molecule has 0 saturated carbocycles. The normalized spacial score (nSPS) is 22.4. The molecule has 1 amide bonds. The molecule has 2 aliphatic heterocycles. The largest absolute Gasteiger partial charge is 0.486 e. The number of rotatable bonds is 7. The molecule has 4 rings (SSSR count). The summed E-state index contributed by atoms with van der Waals surface area (Å²) >= 11 is 0. The Morgan fingerprint density at radius 3 is 2.45 bits per heavy atom. The molecule has 1 N–H and O–H groups in total. The number of esters is 1. The Morgan fingerprint density at radius 2 is 1.73 bits per heavy atom. The first-order valence-electron chi connectivity index (χ1n) is 11.3. The highest BCUT2D eigenvalue weighted by Crippen LogP contribution is 2.30. The van der Waals surface area contributed by atoms with E-state index in [0.29, 0.717) is 23.7 Å². The van der Waals surface area contributed by atoms with Gasteiger partial charge in [0.2, 0.25) is 0 Å². The smallest absolute Gasteiger partial charge is 0.338 e. The first kappa shape index (κ1) is 23.1. The number of carbonyl (C=O) groups is 2. The highest BCUT2D eigenvalue weighted by atomic mass is 16.6. The lowest BCUT2D eigenvalue weighted by atomic mass is 10.1. The summed E-state index contributed by atoms with van der Waals surface area (Å²) in [6.07, 6.45) is 0.119. The average Bonchev–Trinajstić information content (AvgIpc) is 2.81. The molecular formula is C25H30N2O6. The van der Waals surface area contributed by atoms with E-state index in [9.17, 15) is 9.59 Å². The number of hydrogen-bond acceptors (Lipinski definition) is 7. The van der Waals surface area contributed by atoms with Crippen molar-refractivity contribution in [1.82, 2.24) is 10.2 Å². The zero-order chi connectivity index (χ0) is 23.2. The number of morpholine rings is 1. The predicted molar refractivity (Wildman–Crippen MR) is 121 cm³/mol. The average molecular weight is 455 g/mol. The highest BCUT2D eigenvalue weighted by Gasteiger charge is 2.23. The van der Waals surface area contributed by atoms with E-state index in [1.807, 2.05) is 36.4 Å². The lowest BCUT2D eigenvalue weighted by Crippen LogP contribution is -2.44. The number of benzene rings is 2. The Kier molecular flexibility index (Phi) is 7.47. The van der Waals surface area contributed by atoms with Gasteiger partial charge in [0.1, 0.15) is 12.7 Å². The molecular weight excluding hydrogens is 424 g/mol. The summed E-state index contributed by atoms with van der Waals surface area (Å²) in [6.45, 7) is 6.97. The quantitative estimate of drug-likeness (QED) is 0.643. The topological polar surface area (TPSA) is 86.3 Å². The van der Waals surface area contributed by atoms with Crippen molar-refractivity contribution in [3.63, 3.8) is 0 Å². The minimum Gasteiger partial charge on any atom is -0.486 e. The van der Waals surface area contributed by atoms with E-state index in [0.717, 1.165) is 25.2 Å².